The molecule has 1 saturated heterocycles. The summed E-state index contributed by atoms with van der Waals surface area (Å²) in [5, 5.41) is 12.6. The molecular weight excluding hydrogens is 532 g/mol. The highest BCUT2D eigenvalue weighted by Crippen LogP contribution is 2.21. The summed E-state index contributed by atoms with van der Waals surface area (Å²) in [4.78, 5) is 41.2. The summed E-state index contributed by atoms with van der Waals surface area (Å²) in [7, 11) is 0. The van der Waals surface area contributed by atoms with Crippen molar-refractivity contribution in [2.24, 2.45) is 11.8 Å². The van der Waals surface area contributed by atoms with Crippen molar-refractivity contribution in [2.45, 2.75) is 57.2 Å². The first kappa shape index (κ1) is 32.8. The number of esters is 1. The molecule has 4 atom stereocenters. The van der Waals surface area contributed by atoms with Gasteiger partial charge in [-0.3, -0.25) is 14.4 Å². The fraction of sp³-hybridized carbons (Fsp3) is 0.441. The molecule has 42 heavy (non-hydrogen) atoms. The number of aliphatic hydroxyl groups is 1. The number of carbonyl (C=O) groups is 3. The molecule has 0 unspecified atom stereocenters. The molecule has 1 aliphatic heterocycles. The van der Waals surface area contributed by atoms with Gasteiger partial charge in [0.15, 0.2) is 0 Å². The molecule has 0 aliphatic carbocycles. The van der Waals surface area contributed by atoms with E-state index in [-0.39, 0.29) is 50.1 Å². The van der Waals surface area contributed by atoms with E-state index in [9.17, 15) is 19.5 Å². The summed E-state index contributed by atoms with van der Waals surface area (Å²) < 4.78 is 11.6. The largest absolute Gasteiger partial charge is 0.463 e. The quantitative estimate of drug-likeness (QED) is 0.203. The third-order valence-electron chi connectivity index (χ3n) is 7.46. The molecule has 8 nitrogen and oxygen atoms in total. The Kier molecular flexibility index (Phi) is 14.0. The highest BCUT2D eigenvalue weighted by molar-refractivity contribution is 5.86. The molecule has 1 aliphatic rings. The number of benzene rings is 2. The number of nitrogens with one attached hydrogen (secondary N) is 1. The van der Waals surface area contributed by atoms with E-state index in [0.717, 1.165) is 24.0 Å². The van der Waals surface area contributed by atoms with Crippen LogP contribution in [0.5, 0.6) is 0 Å². The van der Waals surface area contributed by atoms with Gasteiger partial charge in [0.25, 0.3) is 0 Å². The number of allylic oxidation sites excluding steroid dienone is 2. The third kappa shape index (κ3) is 10.6. The first-order chi connectivity index (χ1) is 20.4. The molecule has 1 fully saturated rings. The second-order valence-electron chi connectivity index (χ2n) is 10.7. The van der Waals surface area contributed by atoms with E-state index in [1.54, 1.807) is 17.1 Å². The second-order valence-corrected chi connectivity index (χ2v) is 10.7. The van der Waals surface area contributed by atoms with Crippen LogP contribution >= 0.6 is 0 Å². The standard InChI is InChI=1S/C34H44N2O6/c1-3-12-28(21-32(38)36-19-11-18-31(36)22-37)33(39)35-30(24-41-23-27-16-9-6-10-17-27)25-42-34(40)29(13-4-2)20-26-14-7-5-8-15-26/h3-10,14-17,28-31,37H,1-2,11-13,18-25H2,(H,35,39)/t28-,29+,30-,31-/m0/s1. The Bertz CT molecular complexity index is 1140. The molecule has 0 spiro atoms. The minimum Gasteiger partial charge on any atom is -0.463 e. The van der Waals surface area contributed by atoms with Gasteiger partial charge in [-0.1, -0.05) is 72.8 Å². The van der Waals surface area contributed by atoms with Gasteiger partial charge in [0.1, 0.15) is 6.61 Å². The van der Waals surface area contributed by atoms with Gasteiger partial charge < -0.3 is 24.8 Å². The highest BCUT2D eigenvalue weighted by atomic mass is 16.5. The molecule has 2 aromatic rings. The molecule has 0 radical (unpaired) electrons. The van der Waals surface area contributed by atoms with Gasteiger partial charge in [-0.25, -0.2) is 0 Å². The van der Waals surface area contributed by atoms with Crippen LogP contribution in [-0.4, -0.2) is 66.2 Å². The first-order valence-electron chi connectivity index (χ1n) is 14.7. The van der Waals surface area contributed by atoms with Gasteiger partial charge in [0.2, 0.25) is 11.8 Å². The fourth-order valence-electron chi connectivity index (χ4n) is 5.17. The molecule has 2 amide bonds. The van der Waals surface area contributed by atoms with Crippen molar-refractivity contribution in [2.75, 3.05) is 26.4 Å². The summed E-state index contributed by atoms with van der Waals surface area (Å²) in [6.07, 6.45) is 6.20. The average molecular weight is 577 g/mol. The van der Waals surface area contributed by atoms with Crippen LogP contribution in [0.2, 0.25) is 0 Å². The van der Waals surface area contributed by atoms with Gasteiger partial charge in [-0.15, -0.1) is 13.2 Å². The Morgan fingerprint density at radius 1 is 0.952 bits per heavy atom. The molecule has 0 bridgehead atoms. The van der Waals surface area contributed by atoms with Crippen LogP contribution in [0.3, 0.4) is 0 Å². The van der Waals surface area contributed by atoms with E-state index in [4.69, 9.17) is 9.47 Å². The van der Waals surface area contributed by atoms with Crippen molar-refractivity contribution in [3.05, 3.63) is 97.1 Å². The molecule has 226 valence electrons. The van der Waals surface area contributed by atoms with E-state index in [1.165, 1.54) is 0 Å². The lowest BCUT2D eigenvalue weighted by molar-refractivity contribution is -0.150. The normalized spacial score (nSPS) is 16.7. The van der Waals surface area contributed by atoms with E-state index in [0.29, 0.717) is 32.4 Å². The van der Waals surface area contributed by atoms with Crippen LogP contribution in [0.25, 0.3) is 0 Å². The number of likely N-dealkylation sites (tertiary alicyclic amines) is 1. The number of hydrogen-bond donors (Lipinski definition) is 2. The van der Waals surface area contributed by atoms with Gasteiger partial charge >= 0.3 is 5.97 Å². The predicted octanol–water partition coefficient (Wildman–Crippen LogP) is 4.23. The minimum absolute atomic E-state index is 0.00418. The molecule has 0 saturated carbocycles. The Morgan fingerprint density at radius 3 is 2.24 bits per heavy atom. The number of amides is 2. The van der Waals surface area contributed by atoms with Crippen molar-refractivity contribution in [1.82, 2.24) is 10.2 Å². The zero-order chi connectivity index (χ0) is 30.2. The van der Waals surface area contributed by atoms with Gasteiger partial charge in [0, 0.05) is 13.0 Å². The Hall–Kier alpha value is -3.75. The van der Waals surface area contributed by atoms with E-state index >= 15 is 0 Å². The SMILES string of the molecule is C=CC[C@@H](CC(=O)N1CCC[C@H]1CO)C(=O)N[C@@H](COCc1ccccc1)COC(=O)[C@H](CC=C)Cc1ccccc1. The Morgan fingerprint density at radius 2 is 1.60 bits per heavy atom. The van der Waals surface area contributed by atoms with Crippen LogP contribution in [0, 0.1) is 11.8 Å². The van der Waals surface area contributed by atoms with E-state index in [2.05, 4.69) is 18.5 Å². The number of ether oxygens (including phenoxy) is 2. The number of carbonyl (C=O) groups excluding carboxylic acids is 3. The Labute approximate surface area is 249 Å². The molecule has 3 rings (SSSR count). The van der Waals surface area contributed by atoms with Crippen molar-refractivity contribution >= 4 is 17.8 Å². The monoisotopic (exact) mass is 576 g/mol. The van der Waals surface area contributed by atoms with Gasteiger partial charge in [-0.2, -0.15) is 0 Å². The summed E-state index contributed by atoms with van der Waals surface area (Å²) in [5.41, 5.74) is 2.00. The van der Waals surface area contributed by atoms with Crippen LogP contribution in [0.4, 0.5) is 0 Å². The van der Waals surface area contributed by atoms with Crippen molar-refractivity contribution in [3.63, 3.8) is 0 Å². The summed E-state index contributed by atoms with van der Waals surface area (Å²) in [6.45, 7) is 8.42. The Balaban J connectivity index is 1.65. The molecule has 0 aromatic heterocycles. The number of nitrogens with zero attached hydrogens (tertiary/aromatic N) is 1. The maximum absolute atomic E-state index is 13.4. The summed E-state index contributed by atoms with van der Waals surface area (Å²) >= 11 is 0. The maximum Gasteiger partial charge on any atom is 0.309 e. The lowest BCUT2D eigenvalue weighted by Crippen LogP contribution is -2.46. The molecule has 1 heterocycles. The summed E-state index contributed by atoms with van der Waals surface area (Å²) in [6, 6.07) is 18.6. The van der Waals surface area contributed by atoms with Crippen molar-refractivity contribution in [3.8, 4) is 0 Å². The number of rotatable bonds is 18. The molecule has 8 heteroatoms. The average Bonchev–Trinajstić information content (AvgIpc) is 3.49. The molecule has 2 N–H and O–H groups in total. The number of hydrogen-bond acceptors (Lipinski definition) is 6. The van der Waals surface area contributed by atoms with Gasteiger partial charge in [-0.05, 0) is 43.2 Å². The van der Waals surface area contributed by atoms with Crippen molar-refractivity contribution in [1.29, 1.82) is 0 Å². The third-order valence-corrected chi connectivity index (χ3v) is 7.46. The topological polar surface area (TPSA) is 105 Å². The van der Waals surface area contributed by atoms with Gasteiger partial charge in [0.05, 0.1) is 43.7 Å². The lowest BCUT2D eigenvalue weighted by Gasteiger charge is -2.26. The van der Waals surface area contributed by atoms with Crippen LogP contribution in [-0.2, 0) is 36.9 Å². The minimum atomic E-state index is -0.645. The highest BCUT2D eigenvalue weighted by Gasteiger charge is 2.32. The van der Waals surface area contributed by atoms with Crippen LogP contribution < -0.4 is 5.32 Å². The second kappa shape index (κ2) is 17.9. The molecule has 2 aromatic carbocycles. The zero-order valence-corrected chi connectivity index (χ0v) is 24.4. The van der Waals surface area contributed by atoms with E-state index in [1.807, 2.05) is 60.7 Å². The maximum atomic E-state index is 13.4. The smallest absolute Gasteiger partial charge is 0.309 e. The lowest BCUT2D eigenvalue weighted by atomic mass is 9.96. The predicted molar refractivity (Wildman–Crippen MR) is 162 cm³/mol. The van der Waals surface area contributed by atoms with E-state index < -0.39 is 17.9 Å². The van der Waals surface area contributed by atoms with Crippen LogP contribution in [0.15, 0.2) is 86.0 Å². The first-order valence-corrected chi connectivity index (χ1v) is 14.7. The zero-order valence-electron chi connectivity index (χ0n) is 24.4. The van der Waals surface area contributed by atoms with Crippen LogP contribution in [0.1, 0.15) is 43.2 Å². The fourth-order valence-corrected chi connectivity index (χ4v) is 5.17. The summed E-state index contributed by atoms with van der Waals surface area (Å²) in [5.74, 6) is -1.92. The molecular formula is C34H44N2O6. The van der Waals surface area contributed by atoms with Crippen molar-refractivity contribution < 1.29 is 29.0 Å². The number of aliphatic hydroxyl groups excluding tert-OH is 1.